The minimum Gasteiger partial charge on any atom is -0.480 e. The van der Waals surface area contributed by atoms with Gasteiger partial charge in [0.15, 0.2) is 4.34 Å². The molecule has 0 aliphatic rings. The highest BCUT2D eigenvalue weighted by atomic mass is 32.2. The molecule has 0 saturated carbocycles. The predicted octanol–water partition coefficient (Wildman–Crippen LogP) is 2.97. The quantitative estimate of drug-likeness (QED) is 0.830. The van der Waals surface area contributed by atoms with Gasteiger partial charge in [-0.3, -0.25) is 4.79 Å². The molecule has 0 spiro atoms. The molecular weight excluding hydrogens is 280 g/mol. The SMILES string of the molecule is CC(CC(C)(N)C(=O)O)Sc1nc2ccccc2s1. The van der Waals surface area contributed by atoms with Crippen LogP contribution in [0.1, 0.15) is 20.3 Å². The van der Waals surface area contributed by atoms with Crippen molar-refractivity contribution in [2.24, 2.45) is 5.73 Å². The molecular formula is C13H16N2O2S2. The van der Waals surface area contributed by atoms with Gasteiger partial charge in [-0.1, -0.05) is 30.8 Å². The molecule has 2 unspecified atom stereocenters. The van der Waals surface area contributed by atoms with Gasteiger partial charge in [0.1, 0.15) is 5.54 Å². The Morgan fingerprint density at radius 3 is 2.89 bits per heavy atom. The number of hydrogen-bond acceptors (Lipinski definition) is 5. The Morgan fingerprint density at radius 2 is 2.26 bits per heavy atom. The molecule has 1 aromatic heterocycles. The number of para-hydroxylation sites is 1. The Bertz CT molecular complexity index is 562. The van der Waals surface area contributed by atoms with E-state index in [1.807, 2.05) is 31.2 Å². The summed E-state index contributed by atoms with van der Waals surface area (Å²) in [7, 11) is 0. The van der Waals surface area contributed by atoms with Crippen LogP contribution in [0.2, 0.25) is 0 Å². The van der Waals surface area contributed by atoms with E-state index in [9.17, 15) is 4.79 Å². The van der Waals surface area contributed by atoms with E-state index < -0.39 is 11.5 Å². The zero-order valence-electron chi connectivity index (χ0n) is 10.8. The molecule has 2 rings (SSSR count). The number of aliphatic carboxylic acids is 1. The average molecular weight is 296 g/mol. The summed E-state index contributed by atoms with van der Waals surface area (Å²) in [6.45, 7) is 3.52. The highest BCUT2D eigenvalue weighted by molar-refractivity contribution is 8.01. The van der Waals surface area contributed by atoms with Crippen LogP contribution in [0, 0.1) is 0 Å². The van der Waals surface area contributed by atoms with Crippen molar-refractivity contribution in [1.29, 1.82) is 0 Å². The van der Waals surface area contributed by atoms with E-state index in [1.165, 1.54) is 0 Å². The molecule has 0 aliphatic carbocycles. The van der Waals surface area contributed by atoms with E-state index in [1.54, 1.807) is 30.0 Å². The maximum atomic E-state index is 11.0. The fourth-order valence-corrected chi connectivity index (χ4v) is 4.38. The first-order valence-electron chi connectivity index (χ1n) is 5.93. The monoisotopic (exact) mass is 296 g/mol. The molecule has 0 aliphatic heterocycles. The van der Waals surface area contributed by atoms with E-state index in [0.29, 0.717) is 6.42 Å². The summed E-state index contributed by atoms with van der Waals surface area (Å²) >= 11 is 3.20. The Kier molecular flexibility index (Phi) is 4.13. The highest BCUT2D eigenvalue weighted by Gasteiger charge is 2.30. The first-order chi connectivity index (χ1) is 8.88. The van der Waals surface area contributed by atoms with Gasteiger partial charge in [0.2, 0.25) is 0 Å². The van der Waals surface area contributed by atoms with Gasteiger partial charge >= 0.3 is 5.97 Å². The second-order valence-corrected chi connectivity index (χ2v) is 7.52. The van der Waals surface area contributed by atoms with Crippen LogP contribution in [0.3, 0.4) is 0 Å². The molecule has 0 radical (unpaired) electrons. The van der Waals surface area contributed by atoms with E-state index >= 15 is 0 Å². The standard InChI is InChI=1S/C13H16N2O2S2/c1-8(7-13(2,14)11(16)17)18-12-15-9-5-3-4-6-10(9)19-12/h3-6,8H,7,14H2,1-2H3,(H,16,17). The Labute approximate surface area is 120 Å². The van der Waals surface area contributed by atoms with Crippen molar-refractivity contribution >= 4 is 39.3 Å². The van der Waals surface area contributed by atoms with Crippen molar-refractivity contribution in [3.8, 4) is 0 Å². The first kappa shape index (κ1) is 14.3. The van der Waals surface area contributed by atoms with Crippen molar-refractivity contribution in [2.75, 3.05) is 0 Å². The number of thiazole rings is 1. The van der Waals surface area contributed by atoms with Crippen LogP contribution in [0.15, 0.2) is 28.6 Å². The van der Waals surface area contributed by atoms with Gasteiger partial charge in [-0.15, -0.1) is 11.3 Å². The Morgan fingerprint density at radius 1 is 1.58 bits per heavy atom. The average Bonchev–Trinajstić information content (AvgIpc) is 2.69. The summed E-state index contributed by atoms with van der Waals surface area (Å²) in [5, 5.41) is 9.13. The molecule has 0 saturated heterocycles. The van der Waals surface area contributed by atoms with Crippen LogP contribution in [-0.2, 0) is 4.79 Å². The van der Waals surface area contributed by atoms with Crippen molar-refractivity contribution in [1.82, 2.24) is 4.98 Å². The van der Waals surface area contributed by atoms with Crippen molar-refractivity contribution in [3.05, 3.63) is 24.3 Å². The number of carboxylic acids is 1. The summed E-state index contributed by atoms with van der Waals surface area (Å²) in [6, 6.07) is 7.96. The fourth-order valence-electron chi connectivity index (χ4n) is 1.80. The molecule has 3 N–H and O–H groups in total. The maximum absolute atomic E-state index is 11.0. The maximum Gasteiger partial charge on any atom is 0.323 e. The molecule has 6 heteroatoms. The van der Waals surface area contributed by atoms with Crippen molar-refractivity contribution in [3.63, 3.8) is 0 Å². The third kappa shape index (κ3) is 3.46. The molecule has 1 heterocycles. The lowest BCUT2D eigenvalue weighted by molar-refractivity contribution is -0.142. The molecule has 2 aromatic rings. The lowest BCUT2D eigenvalue weighted by Crippen LogP contribution is -2.46. The number of carboxylic acid groups (broad SMARTS) is 1. The van der Waals surface area contributed by atoms with Crippen LogP contribution < -0.4 is 5.73 Å². The highest BCUT2D eigenvalue weighted by Crippen LogP contribution is 2.34. The topological polar surface area (TPSA) is 76.2 Å². The van der Waals surface area contributed by atoms with Crippen LogP contribution in [-0.4, -0.2) is 26.8 Å². The van der Waals surface area contributed by atoms with E-state index in [4.69, 9.17) is 10.8 Å². The normalized spacial score (nSPS) is 16.2. The number of fused-ring (bicyclic) bond motifs is 1. The molecule has 19 heavy (non-hydrogen) atoms. The number of nitrogens with two attached hydrogens (primary N) is 1. The van der Waals surface area contributed by atoms with Crippen LogP contribution in [0.5, 0.6) is 0 Å². The fraction of sp³-hybridized carbons (Fsp3) is 0.385. The Balaban J connectivity index is 2.06. The Hall–Kier alpha value is -1.11. The molecule has 0 fully saturated rings. The van der Waals surface area contributed by atoms with E-state index in [-0.39, 0.29) is 5.25 Å². The summed E-state index contributed by atoms with van der Waals surface area (Å²) in [6.07, 6.45) is 0.406. The van der Waals surface area contributed by atoms with E-state index in [0.717, 1.165) is 14.6 Å². The minimum atomic E-state index is -1.19. The van der Waals surface area contributed by atoms with Crippen LogP contribution in [0.25, 0.3) is 10.2 Å². The molecule has 0 amide bonds. The second-order valence-electron chi connectivity index (χ2n) is 4.80. The smallest absolute Gasteiger partial charge is 0.323 e. The first-order valence-corrected chi connectivity index (χ1v) is 7.62. The third-order valence-corrected chi connectivity index (χ3v) is 5.01. The molecule has 4 nitrogen and oxygen atoms in total. The second kappa shape index (κ2) is 5.48. The summed E-state index contributed by atoms with van der Waals surface area (Å²) in [5.41, 5.74) is 5.55. The number of rotatable bonds is 5. The molecule has 0 bridgehead atoms. The lowest BCUT2D eigenvalue weighted by Gasteiger charge is -2.22. The summed E-state index contributed by atoms with van der Waals surface area (Å²) < 4.78 is 2.10. The summed E-state index contributed by atoms with van der Waals surface area (Å²) in [4.78, 5) is 15.5. The lowest BCUT2D eigenvalue weighted by atomic mass is 9.98. The number of nitrogens with zero attached hydrogens (tertiary/aromatic N) is 1. The summed E-state index contributed by atoms with van der Waals surface area (Å²) in [5.74, 6) is -0.968. The number of thioether (sulfide) groups is 1. The van der Waals surface area contributed by atoms with Gasteiger partial charge in [0.05, 0.1) is 10.2 Å². The van der Waals surface area contributed by atoms with Gasteiger partial charge in [-0.25, -0.2) is 4.98 Å². The van der Waals surface area contributed by atoms with Gasteiger partial charge in [-0.05, 0) is 25.5 Å². The van der Waals surface area contributed by atoms with Crippen LogP contribution >= 0.6 is 23.1 Å². The van der Waals surface area contributed by atoms with Gasteiger partial charge < -0.3 is 10.8 Å². The largest absolute Gasteiger partial charge is 0.480 e. The zero-order chi connectivity index (χ0) is 14.0. The number of aromatic nitrogens is 1. The van der Waals surface area contributed by atoms with Gasteiger partial charge in [0.25, 0.3) is 0 Å². The van der Waals surface area contributed by atoms with Gasteiger partial charge in [-0.2, -0.15) is 0 Å². The van der Waals surface area contributed by atoms with E-state index in [2.05, 4.69) is 4.98 Å². The van der Waals surface area contributed by atoms with Gasteiger partial charge in [0, 0.05) is 5.25 Å². The molecule has 102 valence electrons. The minimum absolute atomic E-state index is 0.103. The molecule has 2 atom stereocenters. The number of benzene rings is 1. The van der Waals surface area contributed by atoms with Crippen molar-refractivity contribution in [2.45, 2.75) is 35.4 Å². The van der Waals surface area contributed by atoms with Crippen molar-refractivity contribution < 1.29 is 9.90 Å². The molecule has 1 aromatic carbocycles. The third-order valence-electron chi connectivity index (χ3n) is 2.78. The zero-order valence-corrected chi connectivity index (χ0v) is 12.4. The number of hydrogen-bond donors (Lipinski definition) is 2. The van der Waals surface area contributed by atoms with Crippen LogP contribution in [0.4, 0.5) is 0 Å². The number of carbonyl (C=O) groups is 1. The predicted molar refractivity (Wildman–Crippen MR) is 79.8 cm³/mol.